The Labute approximate surface area is 269 Å². The molecule has 45 heavy (non-hydrogen) atoms. The minimum absolute atomic E-state index is 0.156. The van der Waals surface area contributed by atoms with Gasteiger partial charge in [0.1, 0.15) is 18.3 Å². The second kappa shape index (κ2) is 14.8. The molecule has 0 spiro atoms. The van der Waals surface area contributed by atoms with Crippen molar-refractivity contribution >= 4 is 18.5 Å². The van der Waals surface area contributed by atoms with E-state index in [-0.39, 0.29) is 36.6 Å². The average Bonchev–Trinajstić information content (AvgIpc) is 3.33. The van der Waals surface area contributed by atoms with Crippen LogP contribution in [0.15, 0.2) is 23.3 Å². The molecule has 4 rings (SSSR count). The molecule has 0 radical (unpaired) electrons. The van der Waals surface area contributed by atoms with Crippen LogP contribution in [0.2, 0.25) is 0 Å². The Bertz CT molecular complexity index is 1130. The van der Waals surface area contributed by atoms with E-state index in [4.69, 9.17) is 28.4 Å². The molecule has 0 heterocycles. The van der Waals surface area contributed by atoms with Crippen molar-refractivity contribution in [3.05, 3.63) is 23.3 Å². The molecule has 4 aliphatic rings. The first-order valence-electron chi connectivity index (χ1n) is 17.3. The fraction of sp³-hybridized carbons (Fsp3) is 0.806. The average molecular weight is 633 g/mol. The molecule has 3 saturated carbocycles. The quantitative estimate of drug-likeness (QED) is 0.163. The molecule has 3 fully saturated rings. The van der Waals surface area contributed by atoms with Crippen molar-refractivity contribution < 1.29 is 42.8 Å². The molecule has 4 aliphatic carbocycles. The van der Waals surface area contributed by atoms with E-state index in [1.165, 1.54) is 12.0 Å². The van der Waals surface area contributed by atoms with Crippen LogP contribution in [0.3, 0.4) is 0 Å². The third-order valence-corrected chi connectivity index (χ3v) is 11.5. The maximum absolute atomic E-state index is 12.7. The normalized spacial score (nSPS) is 33.3. The highest BCUT2D eigenvalue weighted by Crippen LogP contribution is 2.66. The van der Waals surface area contributed by atoms with Crippen LogP contribution >= 0.6 is 0 Å². The Morgan fingerprint density at radius 1 is 0.822 bits per heavy atom. The maximum Gasteiger partial charge on any atom is 0.508 e. The predicted molar refractivity (Wildman–Crippen MR) is 169 cm³/mol. The summed E-state index contributed by atoms with van der Waals surface area (Å²) in [6.45, 7) is 17.3. The van der Waals surface area contributed by atoms with E-state index in [0.717, 1.165) is 37.7 Å². The number of ether oxygens (including phenoxy) is 6. The standard InChI is InChI=1S/C36H56O9/c1-9-40-32(37)43-25-20-24-13-14-26-28-16-15-27(23(6)12-17-30(22(4)5)44-33(38)41-10-2)35(28,7)19-18-29(26)36(24,8)31(21-25)45-34(39)42-11-3/h13-14,22-23,25,27-31H,9-12,15-21H2,1-8H3/t23-,25-,27-,28+,29+,30-,31+,35-,36+/m1/s1. The van der Waals surface area contributed by atoms with Crippen LogP contribution in [0.4, 0.5) is 14.4 Å². The van der Waals surface area contributed by atoms with Crippen molar-refractivity contribution in [2.24, 2.45) is 40.4 Å². The summed E-state index contributed by atoms with van der Waals surface area (Å²) >= 11 is 0. The number of fused-ring (bicyclic) bond motifs is 5. The van der Waals surface area contributed by atoms with Crippen LogP contribution in [-0.4, -0.2) is 56.6 Å². The summed E-state index contributed by atoms with van der Waals surface area (Å²) in [5.41, 5.74) is 2.38. The third-order valence-electron chi connectivity index (χ3n) is 11.5. The first-order chi connectivity index (χ1) is 21.4. The fourth-order valence-electron chi connectivity index (χ4n) is 9.23. The van der Waals surface area contributed by atoms with E-state index in [1.54, 1.807) is 20.8 Å². The lowest BCUT2D eigenvalue weighted by atomic mass is 9.49. The van der Waals surface area contributed by atoms with E-state index in [9.17, 15) is 14.4 Å². The minimum atomic E-state index is -0.694. The van der Waals surface area contributed by atoms with Crippen molar-refractivity contribution in [3.63, 3.8) is 0 Å². The zero-order valence-corrected chi connectivity index (χ0v) is 28.7. The summed E-state index contributed by atoms with van der Waals surface area (Å²) in [4.78, 5) is 36.9. The summed E-state index contributed by atoms with van der Waals surface area (Å²) in [5, 5.41) is 0. The van der Waals surface area contributed by atoms with Gasteiger partial charge in [0.05, 0.1) is 19.8 Å². The van der Waals surface area contributed by atoms with Crippen molar-refractivity contribution in [1.29, 1.82) is 0 Å². The Morgan fingerprint density at radius 2 is 1.47 bits per heavy atom. The highest BCUT2D eigenvalue weighted by molar-refractivity contribution is 5.61. The van der Waals surface area contributed by atoms with E-state index in [1.807, 2.05) is 0 Å². The van der Waals surface area contributed by atoms with Gasteiger partial charge in [0, 0.05) is 18.3 Å². The van der Waals surface area contributed by atoms with Crippen molar-refractivity contribution in [2.75, 3.05) is 19.8 Å². The van der Waals surface area contributed by atoms with Gasteiger partial charge in [-0.25, -0.2) is 14.4 Å². The van der Waals surface area contributed by atoms with Gasteiger partial charge in [0.15, 0.2) is 0 Å². The van der Waals surface area contributed by atoms with Crippen LogP contribution in [-0.2, 0) is 28.4 Å². The van der Waals surface area contributed by atoms with Crippen LogP contribution in [0.5, 0.6) is 0 Å². The number of rotatable bonds is 11. The molecule has 0 amide bonds. The van der Waals surface area contributed by atoms with Crippen molar-refractivity contribution in [1.82, 2.24) is 0 Å². The number of carbonyl (C=O) groups excluding carboxylic acids is 3. The van der Waals surface area contributed by atoms with Gasteiger partial charge < -0.3 is 28.4 Å². The fourth-order valence-corrected chi connectivity index (χ4v) is 9.23. The Morgan fingerprint density at radius 3 is 2.11 bits per heavy atom. The summed E-state index contributed by atoms with van der Waals surface area (Å²) < 4.78 is 32.7. The molecular weight excluding hydrogens is 576 g/mol. The van der Waals surface area contributed by atoms with Gasteiger partial charge in [-0.15, -0.1) is 0 Å². The maximum atomic E-state index is 12.7. The SMILES string of the molecule is CCOC(=O)O[C@@H]1CC2=CC=C3[C@@H]4CC[C@H]([C@H](C)CC[C@@H](OC(=O)OCC)C(C)C)[C@@]4(C)CC[C@@H]3[C@@]2(C)[C@@H](OC(=O)OCC)C1. The molecule has 9 heteroatoms. The molecule has 0 saturated heterocycles. The lowest BCUT2D eigenvalue weighted by molar-refractivity contribution is -0.0863. The van der Waals surface area contributed by atoms with Gasteiger partial charge in [-0.3, -0.25) is 0 Å². The lowest BCUT2D eigenvalue weighted by Gasteiger charge is -2.57. The van der Waals surface area contributed by atoms with Crippen molar-refractivity contribution in [2.45, 2.75) is 125 Å². The largest absolute Gasteiger partial charge is 0.508 e. The minimum Gasteiger partial charge on any atom is -0.435 e. The molecule has 0 N–H and O–H groups in total. The van der Waals surface area contributed by atoms with E-state index in [0.29, 0.717) is 37.2 Å². The molecule has 9 atom stereocenters. The van der Waals surface area contributed by atoms with Gasteiger partial charge in [-0.2, -0.15) is 0 Å². The zero-order chi connectivity index (χ0) is 32.9. The second-order valence-corrected chi connectivity index (χ2v) is 14.3. The summed E-state index contributed by atoms with van der Waals surface area (Å²) in [5.74, 6) is 1.96. The highest BCUT2D eigenvalue weighted by atomic mass is 16.7. The summed E-state index contributed by atoms with van der Waals surface area (Å²) in [6.07, 6.45) is 8.71. The summed E-state index contributed by atoms with van der Waals surface area (Å²) in [7, 11) is 0. The van der Waals surface area contributed by atoms with E-state index >= 15 is 0 Å². The Hall–Kier alpha value is -2.71. The molecule has 0 aromatic carbocycles. The van der Waals surface area contributed by atoms with Gasteiger partial charge >= 0.3 is 18.5 Å². The Kier molecular flexibility index (Phi) is 11.6. The number of allylic oxidation sites excluding steroid dienone is 3. The zero-order valence-electron chi connectivity index (χ0n) is 28.7. The summed E-state index contributed by atoms with van der Waals surface area (Å²) in [6, 6.07) is 0. The van der Waals surface area contributed by atoms with E-state index < -0.39 is 36.1 Å². The predicted octanol–water partition coefficient (Wildman–Crippen LogP) is 8.79. The van der Waals surface area contributed by atoms with Crippen LogP contribution in [0, 0.1) is 40.4 Å². The van der Waals surface area contributed by atoms with Gasteiger partial charge in [-0.05, 0) is 94.3 Å². The third kappa shape index (κ3) is 7.32. The highest BCUT2D eigenvalue weighted by Gasteiger charge is 2.60. The first kappa shape index (κ1) is 35.1. The first-order valence-corrected chi connectivity index (χ1v) is 17.3. The number of carbonyl (C=O) groups is 3. The lowest BCUT2D eigenvalue weighted by Crippen LogP contribution is -2.54. The van der Waals surface area contributed by atoms with Gasteiger partial charge in [0.25, 0.3) is 0 Å². The van der Waals surface area contributed by atoms with Gasteiger partial charge in [-0.1, -0.05) is 57.9 Å². The molecule has 0 unspecified atom stereocenters. The second-order valence-electron chi connectivity index (χ2n) is 14.3. The van der Waals surface area contributed by atoms with E-state index in [2.05, 4.69) is 46.8 Å². The van der Waals surface area contributed by atoms with Crippen molar-refractivity contribution in [3.8, 4) is 0 Å². The van der Waals surface area contributed by atoms with Gasteiger partial charge in [0.2, 0.25) is 0 Å². The monoisotopic (exact) mass is 632 g/mol. The molecule has 0 bridgehead atoms. The smallest absolute Gasteiger partial charge is 0.435 e. The van der Waals surface area contributed by atoms with Crippen LogP contribution in [0.25, 0.3) is 0 Å². The van der Waals surface area contributed by atoms with Crippen LogP contribution in [0.1, 0.15) is 107 Å². The topological polar surface area (TPSA) is 107 Å². The number of hydrogen-bond acceptors (Lipinski definition) is 9. The molecular formula is C36H56O9. The molecule has 254 valence electrons. The number of hydrogen-bond donors (Lipinski definition) is 0. The molecule has 0 aromatic rings. The molecule has 0 aromatic heterocycles. The van der Waals surface area contributed by atoms with Crippen LogP contribution < -0.4 is 0 Å². The molecule has 0 aliphatic heterocycles. The molecule has 9 nitrogen and oxygen atoms in total. The Balaban J connectivity index is 1.53.